The molecule has 1 fully saturated rings. The summed E-state index contributed by atoms with van der Waals surface area (Å²) in [5.41, 5.74) is 1.21. The molecule has 6 heteroatoms. The van der Waals surface area contributed by atoms with Crippen molar-refractivity contribution in [3.63, 3.8) is 0 Å². The van der Waals surface area contributed by atoms with Crippen molar-refractivity contribution in [3.05, 3.63) is 54.0 Å². The lowest BCUT2D eigenvalue weighted by Crippen LogP contribution is -2.26. The van der Waals surface area contributed by atoms with Gasteiger partial charge in [-0.1, -0.05) is 25.3 Å². The average Bonchev–Trinajstić information content (AvgIpc) is 3.25. The van der Waals surface area contributed by atoms with Crippen LogP contribution in [0.25, 0.3) is 0 Å². The number of amides is 2. The van der Waals surface area contributed by atoms with Crippen molar-refractivity contribution in [2.75, 3.05) is 18.5 Å². The summed E-state index contributed by atoms with van der Waals surface area (Å²) in [6.45, 7) is 1.50. The van der Waals surface area contributed by atoms with Crippen LogP contribution in [0.3, 0.4) is 0 Å². The summed E-state index contributed by atoms with van der Waals surface area (Å²) in [4.78, 5) is 24.7. The van der Waals surface area contributed by atoms with Gasteiger partial charge in [0.05, 0.1) is 6.26 Å². The molecule has 1 aromatic heterocycles. The van der Waals surface area contributed by atoms with E-state index >= 15 is 0 Å². The minimum Gasteiger partial charge on any atom is -0.467 e. The molecule has 150 valence electrons. The van der Waals surface area contributed by atoms with Gasteiger partial charge in [0.15, 0.2) is 0 Å². The smallest absolute Gasteiger partial charge is 0.251 e. The van der Waals surface area contributed by atoms with Crippen LogP contribution in [0.4, 0.5) is 5.69 Å². The molecule has 0 radical (unpaired) electrons. The maximum atomic E-state index is 12.4. The van der Waals surface area contributed by atoms with Gasteiger partial charge in [0.1, 0.15) is 12.4 Å². The molecular weight excluding hydrogens is 356 g/mol. The quantitative estimate of drug-likeness (QED) is 0.637. The molecular formula is C22H28N2O4. The van der Waals surface area contributed by atoms with Gasteiger partial charge in [-0.05, 0) is 49.6 Å². The molecule has 28 heavy (non-hydrogen) atoms. The molecule has 1 aromatic carbocycles. The van der Waals surface area contributed by atoms with Crippen LogP contribution in [0.1, 0.15) is 54.6 Å². The molecule has 0 saturated heterocycles. The van der Waals surface area contributed by atoms with Crippen LogP contribution in [-0.4, -0.2) is 25.0 Å². The van der Waals surface area contributed by atoms with Crippen molar-refractivity contribution in [2.45, 2.75) is 45.1 Å². The third-order valence-corrected chi connectivity index (χ3v) is 4.94. The van der Waals surface area contributed by atoms with Gasteiger partial charge in [-0.2, -0.15) is 0 Å². The Kier molecular flexibility index (Phi) is 7.67. The number of rotatable bonds is 9. The summed E-state index contributed by atoms with van der Waals surface area (Å²) in [5, 5.41) is 5.84. The molecule has 0 unspecified atom stereocenters. The second kappa shape index (κ2) is 10.7. The highest BCUT2D eigenvalue weighted by Gasteiger charge is 2.21. The van der Waals surface area contributed by atoms with Gasteiger partial charge in [-0.3, -0.25) is 9.59 Å². The Hall–Kier alpha value is -2.60. The summed E-state index contributed by atoms with van der Waals surface area (Å²) >= 11 is 0. The van der Waals surface area contributed by atoms with E-state index in [4.69, 9.17) is 9.15 Å². The van der Waals surface area contributed by atoms with Gasteiger partial charge in [0.25, 0.3) is 5.91 Å². The zero-order valence-corrected chi connectivity index (χ0v) is 16.1. The van der Waals surface area contributed by atoms with E-state index in [1.54, 1.807) is 24.5 Å². The first-order chi connectivity index (χ1) is 13.7. The SMILES string of the molecule is O=C(NCCCOCc1ccco1)c1cccc(NC(=O)C2CCCCC2)c1. The van der Waals surface area contributed by atoms with E-state index in [9.17, 15) is 9.59 Å². The molecule has 1 heterocycles. The molecule has 0 bridgehead atoms. The summed E-state index contributed by atoms with van der Waals surface area (Å²) in [6.07, 6.45) is 7.68. The van der Waals surface area contributed by atoms with E-state index in [1.165, 1.54) is 6.42 Å². The summed E-state index contributed by atoms with van der Waals surface area (Å²) in [5.74, 6) is 0.786. The number of ether oxygens (including phenoxy) is 1. The summed E-state index contributed by atoms with van der Waals surface area (Å²) in [7, 11) is 0. The molecule has 0 atom stereocenters. The Morgan fingerprint density at radius 2 is 1.96 bits per heavy atom. The molecule has 2 N–H and O–H groups in total. The van der Waals surface area contributed by atoms with Crippen LogP contribution in [0.15, 0.2) is 47.1 Å². The number of anilines is 1. The first kappa shape index (κ1) is 20.1. The van der Waals surface area contributed by atoms with Crippen molar-refractivity contribution in [2.24, 2.45) is 5.92 Å². The molecule has 6 nitrogen and oxygen atoms in total. The second-order valence-electron chi connectivity index (χ2n) is 7.15. The number of benzene rings is 1. The molecule has 1 aliphatic rings. The number of furan rings is 1. The fraction of sp³-hybridized carbons (Fsp3) is 0.455. The lowest BCUT2D eigenvalue weighted by molar-refractivity contribution is -0.120. The van der Waals surface area contributed by atoms with Crippen molar-refractivity contribution in [1.29, 1.82) is 0 Å². The zero-order chi connectivity index (χ0) is 19.6. The van der Waals surface area contributed by atoms with Gasteiger partial charge in [0, 0.05) is 30.3 Å². The van der Waals surface area contributed by atoms with Crippen molar-refractivity contribution < 1.29 is 18.7 Å². The Balaban J connectivity index is 1.38. The number of hydrogen-bond acceptors (Lipinski definition) is 4. The Bertz CT molecular complexity index is 752. The third-order valence-electron chi connectivity index (χ3n) is 4.94. The Labute approximate surface area is 165 Å². The van der Waals surface area contributed by atoms with Crippen molar-refractivity contribution in [3.8, 4) is 0 Å². The Morgan fingerprint density at radius 1 is 1.11 bits per heavy atom. The van der Waals surface area contributed by atoms with Gasteiger partial charge >= 0.3 is 0 Å². The maximum Gasteiger partial charge on any atom is 0.251 e. The van der Waals surface area contributed by atoms with Crippen LogP contribution in [-0.2, 0) is 16.1 Å². The molecule has 2 aromatic rings. The molecule has 0 aliphatic heterocycles. The van der Waals surface area contributed by atoms with Gasteiger partial charge in [-0.15, -0.1) is 0 Å². The normalized spacial score (nSPS) is 14.6. The first-order valence-corrected chi connectivity index (χ1v) is 10.0. The minimum atomic E-state index is -0.153. The number of carbonyl (C=O) groups is 2. The average molecular weight is 384 g/mol. The molecule has 0 spiro atoms. The fourth-order valence-electron chi connectivity index (χ4n) is 3.39. The summed E-state index contributed by atoms with van der Waals surface area (Å²) < 4.78 is 10.7. The standard InChI is InChI=1S/C22H28N2O4/c25-21(23-12-6-13-27-16-20-11-5-14-28-20)18-9-4-10-19(15-18)24-22(26)17-7-2-1-3-8-17/h4-5,9-11,14-15,17H,1-3,6-8,12-13,16H2,(H,23,25)(H,24,26). The third kappa shape index (κ3) is 6.23. The lowest BCUT2D eigenvalue weighted by atomic mass is 9.88. The van der Waals surface area contributed by atoms with E-state index in [-0.39, 0.29) is 17.7 Å². The highest BCUT2D eigenvalue weighted by Crippen LogP contribution is 2.25. The van der Waals surface area contributed by atoms with E-state index in [0.717, 1.165) is 31.4 Å². The van der Waals surface area contributed by atoms with E-state index in [0.29, 0.717) is 37.4 Å². The molecule has 1 aliphatic carbocycles. The van der Waals surface area contributed by atoms with E-state index in [1.807, 2.05) is 18.2 Å². The first-order valence-electron chi connectivity index (χ1n) is 10.0. The highest BCUT2D eigenvalue weighted by molar-refractivity contribution is 5.97. The predicted octanol–water partition coefficient (Wildman–Crippen LogP) is 4.14. The van der Waals surface area contributed by atoms with Gasteiger partial charge in [-0.25, -0.2) is 0 Å². The molecule has 3 rings (SSSR count). The van der Waals surface area contributed by atoms with Crippen LogP contribution in [0.2, 0.25) is 0 Å². The van der Waals surface area contributed by atoms with Crippen LogP contribution in [0, 0.1) is 5.92 Å². The maximum absolute atomic E-state index is 12.4. The van der Waals surface area contributed by atoms with Crippen LogP contribution in [0.5, 0.6) is 0 Å². The van der Waals surface area contributed by atoms with Crippen LogP contribution < -0.4 is 10.6 Å². The van der Waals surface area contributed by atoms with Gasteiger partial charge < -0.3 is 19.8 Å². The van der Waals surface area contributed by atoms with E-state index in [2.05, 4.69) is 10.6 Å². The number of hydrogen-bond donors (Lipinski definition) is 2. The predicted molar refractivity (Wildman–Crippen MR) is 107 cm³/mol. The molecule has 2 amide bonds. The second-order valence-corrected chi connectivity index (χ2v) is 7.15. The minimum absolute atomic E-state index is 0.0611. The van der Waals surface area contributed by atoms with Crippen molar-refractivity contribution >= 4 is 17.5 Å². The van der Waals surface area contributed by atoms with E-state index < -0.39 is 0 Å². The van der Waals surface area contributed by atoms with Crippen molar-refractivity contribution in [1.82, 2.24) is 5.32 Å². The highest BCUT2D eigenvalue weighted by atomic mass is 16.5. The number of nitrogens with one attached hydrogen (secondary N) is 2. The van der Waals surface area contributed by atoms with Gasteiger partial charge in [0.2, 0.25) is 5.91 Å². The lowest BCUT2D eigenvalue weighted by Gasteiger charge is -2.20. The largest absolute Gasteiger partial charge is 0.467 e. The zero-order valence-electron chi connectivity index (χ0n) is 16.1. The molecule has 1 saturated carbocycles. The number of carbonyl (C=O) groups excluding carboxylic acids is 2. The topological polar surface area (TPSA) is 80.6 Å². The van der Waals surface area contributed by atoms with Crippen LogP contribution >= 0.6 is 0 Å². The summed E-state index contributed by atoms with van der Waals surface area (Å²) in [6, 6.07) is 10.8. The fourth-order valence-corrected chi connectivity index (χ4v) is 3.39. The monoisotopic (exact) mass is 384 g/mol. The Morgan fingerprint density at radius 3 is 2.75 bits per heavy atom.